The first-order chi connectivity index (χ1) is 9.16. The molecule has 2 heteroatoms. The molecule has 1 N–H and O–H groups in total. The van der Waals surface area contributed by atoms with Crippen LogP contribution >= 0.6 is 0 Å². The predicted molar refractivity (Wildman–Crippen MR) is 92.3 cm³/mol. The molecule has 0 saturated heterocycles. The third-order valence-corrected chi connectivity index (χ3v) is 4.17. The average molecular weight is 285 g/mol. The van der Waals surface area contributed by atoms with Gasteiger partial charge in [0, 0.05) is 6.04 Å². The van der Waals surface area contributed by atoms with E-state index in [2.05, 4.69) is 65.7 Å². The lowest BCUT2D eigenvalue weighted by atomic mass is 9.85. The van der Waals surface area contributed by atoms with E-state index >= 15 is 0 Å². The summed E-state index contributed by atoms with van der Waals surface area (Å²) in [6, 6.07) is 0.600. The minimum atomic E-state index is 0.344. The van der Waals surface area contributed by atoms with E-state index in [4.69, 9.17) is 0 Å². The number of nitrogens with zero attached hydrogens (tertiary/aromatic N) is 1. The zero-order valence-electron chi connectivity index (χ0n) is 15.4. The molecule has 0 spiro atoms. The highest BCUT2D eigenvalue weighted by molar-refractivity contribution is 4.80. The fraction of sp³-hybridized carbons (Fsp3) is 1.00. The van der Waals surface area contributed by atoms with Gasteiger partial charge in [-0.3, -0.25) is 0 Å². The Labute approximate surface area is 128 Å². The van der Waals surface area contributed by atoms with Crippen LogP contribution in [-0.4, -0.2) is 37.6 Å². The summed E-state index contributed by atoms with van der Waals surface area (Å²) in [5.74, 6) is 1.61. The third-order valence-electron chi connectivity index (χ3n) is 4.17. The molecule has 0 aromatic carbocycles. The first kappa shape index (κ1) is 19.9. The molecule has 1 unspecified atom stereocenters. The summed E-state index contributed by atoms with van der Waals surface area (Å²) in [6.45, 7) is 20.0. The molecule has 0 aromatic rings. The van der Waals surface area contributed by atoms with Crippen molar-refractivity contribution in [1.82, 2.24) is 10.2 Å². The van der Waals surface area contributed by atoms with Gasteiger partial charge in [-0.05, 0) is 63.2 Å². The van der Waals surface area contributed by atoms with E-state index in [0.717, 1.165) is 11.8 Å². The number of nitrogens with one attached hydrogen (secondary N) is 1. The maximum Gasteiger partial charge on any atom is 0.0125 e. The van der Waals surface area contributed by atoms with Crippen LogP contribution in [0.2, 0.25) is 0 Å². The smallest absolute Gasteiger partial charge is 0.0125 e. The van der Waals surface area contributed by atoms with Crippen molar-refractivity contribution in [3.8, 4) is 0 Å². The van der Waals surface area contributed by atoms with Crippen LogP contribution in [0.25, 0.3) is 0 Å². The highest BCUT2D eigenvalue weighted by atomic mass is 15.1. The zero-order valence-corrected chi connectivity index (χ0v) is 15.4. The lowest BCUT2D eigenvalue weighted by Crippen LogP contribution is -2.41. The molecule has 1 atom stereocenters. The van der Waals surface area contributed by atoms with Gasteiger partial charge in [0.25, 0.3) is 0 Å². The quantitative estimate of drug-likeness (QED) is 0.639. The highest BCUT2D eigenvalue weighted by Crippen LogP contribution is 2.22. The van der Waals surface area contributed by atoms with Crippen LogP contribution < -0.4 is 5.32 Å². The second-order valence-corrected chi connectivity index (χ2v) is 8.20. The van der Waals surface area contributed by atoms with Gasteiger partial charge in [0.2, 0.25) is 0 Å². The van der Waals surface area contributed by atoms with Gasteiger partial charge >= 0.3 is 0 Å². The van der Waals surface area contributed by atoms with E-state index in [9.17, 15) is 0 Å². The van der Waals surface area contributed by atoms with Crippen LogP contribution in [0.4, 0.5) is 0 Å². The van der Waals surface area contributed by atoms with E-state index in [-0.39, 0.29) is 0 Å². The summed E-state index contributed by atoms with van der Waals surface area (Å²) in [6.07, 6.45) is 3.88. The van der Waals surface area contributed by atoms with Crippen LogP contribution in [-0.2, 0) is 0 Å². The van der Waals surface area contributed by atoms with E-state index in [1.807, 2.05) is 0 Å². The van der Waals surface area contributed by atoms with E-state index in [1.165, 1.54) is 38.9 Å². The predicted octanol–water partition coefficient (Wildman–Crippen LogP) is 4.40. The molecule has 122 valence electrons. The molecule has 0 rings (SSSR count). The normalized spacial score (nSPS) is 14.6. The summed E-state index contributed by atoms with van der Waals surface area (Å²) >= 11 is 0. The summed E-state index contributed by atoms with van der Waals surface area (Å²) < 4.78 is 0. The van der Waals surface area contributed by atoms with Crippen LogP contribution in [0.5, 0.6) is 0 Å². The fourth-order valence-corrected chi connectivity index (χ4v) is 2.54. The van der Waals surface area contributed by atoms with Gasteiger partial charge in [0.15, 0.2) is 0 Å². The zero-order chi connectivity index (χ0) is 15.8. The van der Waals surface area contributed by atoms with Crippen molar-refractivity contribution in [2.75, 3.05) is 26.7 Å². The first-order valence-electron chi connectivity index (χ1n) is 8.56. The molecule has 0 fully saturated rings. The van der Waals surface area contributed by atoms with Gasteiger partial charge in [0.1, 0.15) is 0 Å². The molecule has 0 aliphatic rings. The average Bonchev–Trinajstić information content (AvgIpc) is 2.30. The molecule has 2 nitrogen and oxygen atoms in total. The number of rotatable bonds is 10. The van der Waals surface area contributed by atoms with Crippen molar-refractivity contribution in [1.29, 1.82) is 0 Å². The van der Waals surface area contributed by atoms with E-state index in [0.29, 0.717) is 11.5 Å². The Balaban J connectivity index is 4.31. The second-order valence-electron chi connectivity index (χ2n) is 8.20. The monoisotopic (exact) mass is 284 g/mol. The standard InChI is InChI=1S/C18H40N2/c1-15(2)9-12-20(13-10-16(3)4)14-11-17(19-8)18(5,6)7/h15-17,19H,9-14H2,1-8H3. The van der Waals surface area contributed by atoms with Crippen molar-refractivity contribution in [3.63, 3.8) is 0 Å². The highest BCUT2D eigenvalue weighted by Gasteiger charge is 2.23. The Morgan fingerprint density at radius 3 is 1.50 bits per heavy atom. The molecule has 0 saturated carbocycles. The van der Waals surface area contributed by atoms with Gasteiger partial charge < -0.3 is 10.2 Å². The molecule has 0 aliphatic carbocycles. The Morgan fingerprint density at radius 1 is 0.800 bits per heavy atom. The summed E-state index contributed by atoms with van der Waals surface area (Å²) in [7, 11) is 2.10. The molecular formula is C18H40N2. The molecule has 0 aromatic heterocycles. The third kappa shape index (κ3) is 9.77. The van der Waals surface area contributed by atoms with Gasteiger partial charge in [0.05, 0.1) is 0 Å². The fourth-order valence-electron chi connectivity index (χ4n) is 2.54. The molecule has 0 amide bonds. The molecule has 0 heterocycles. The van der Waals surface area contributed by atoms with Crippen molar-refractivity contribution >= 4 is 0 Å². The largest absolute Gasteiger partial charge is 0.316 e. The topological polar surface area (TPSA) is 15.3 Å². The van der Waals surface area contributed by atoms with Crippen molar-refractivity contribution < 1.29 is 0 Å². The van der Waals surface area contributed by atoms with Gasteiger partial charge in [-0.25, -0.2) is 0 Å². The van der Waals surface area contributed by atoms with Crippen molar-refractivity contribution in [3.05, 3.63) is 0 Å². The number of hydrogen-bond donors (Lipinski definition) is 1. The van der Waals surface area contributed by atoms with Gasteiger partial charge in [-0.1, -0.05) is 48.5 Å². The van der Waals surface area contributed by atoms with Crippen LogP contribution in [0, 0.1) is 17.3 Å². The van der Waals surface area contributed by atoms with Crippen molar-refractivity contribution in [2.24, 2.45) is 17.3 Å². The minimum absolute atomic E-state index is 0.344. The Bertz CT molecular complexity index is 216. The van der Waals surface area contributed by atoms with Gasteiger partial charge in [-0.15, -0.1) is 0 Å². The summed E-state index contributed by atoms with van der Waals surface area (Å²) in [4.78, 5) is 2.68. The molecule has 20 heavy (non-hydrogen) atoms. The Hall–Kier alpha value is -0.0800. The summed E-state index contributed by atoms with van der Waals surface area (Å²) in [5.41, 5.74) is 0.344. The lowest BCUT2D eigenvalue weighted by Gasteiger charge is -2.33. The van der Waals surface area contributed by atoms with Crippen LogP contribution in [0.15, 0.2) is 0 Å². The number of hydrogen-bond acceptors (Lipinski definition) is 2. The van der Waals surface area contributed by atoms with Crippen molar-refractivity contribution in [2.45, 2.75) is 73.8 Å². The maximum absolute atomic E-state index is 3.50. The molecular weight excluding hydrogens is 244 g/mol. The molecule has 0 radical (unpaired) electrons. The minimum Gasteiger partial charge on any atom is -0.316 e. The first-order valence-corrected chi connectivity index (χ1v) is 8.56. The van der Waals surface area contributed by atoms with Crippen LogP contribution in [0.3, 0.4) is 0 Å². The Morgan fingerprint density at radius 2 is 1.20 bits per heavy atom. The Kier molecular flexibility index (Phi) is 9.74. The molecule has 0 bridgehead atoms. The van der Waals surface area contributed by atoms with Crippen LogP contribution in [0.1, 0.15) is 67.7 Å². The SMILES string of the molecule is CNC(CCN(CCC(C)C)CCC(C)C)C(C)(C)C. The van der Waals surface area contributed by atoms with Gasteiger partial charge in [-0.2, -0.15) is 0 Å². The molecule has 0 aliphatic heterocycles. The van der Waals surface area contributed by atoms with E-state index < -0.39 is 0 Å². The summed E-state index contributed by atoms with van der Waals surface area (Å²) in [5, 5.41) is 3.50. The second kappa shape index (κ2) is 9.78. The lowest BCUT2D eigenvalue weighted by molar-refractivity contribution is 0.197. The maximum atomic E-state index is 3.50. The van der Waals surface area contributed by atoms with E-state index in [1.54, 1.807) is 0 Å².